The molecule has 1 aliphatic rings. The third-order valence-corrected chi connectivity index (χ3v) is 4.26. The summed E-state index contributed by atoms with van der Waals surface area (Å²) in [6, 6.07) is 5.32. The smallest absolute Gasteiger partial charge is 0.336 e. The van der Waals surface area contributed by atoms with Gasteiger partial charge >= 0.3 is 5.97 Å². The minimum atomic E-state index is -0.981. The molecule has 0 aliphatic heterocycles. The maximum Gasteiger partial charge on any atom is 0.336 e. The van der Waals surface area contributed by atoms with E-state index in [4.69, 9.17) is 10.8 Å². The number of rotatable bonds is 5. The van der Waals surface area contributed by atoms with Gasteiger partial charge in [0.15, 0.2) is 0 Å². The second-order valence-corrected chi connectivity index (χ2v) is 5.86. The highest BCUT2D eigenvalue weighted by Gasteiger charge is 2.24. The van der Waals surface area contributed by atoms with Crippen molar-refractivity contribution in [1.29, 1.82) is 0 Å². The standard InChI is InChI=1S/C14H17BrN2O3/c15-12-7-10(5-6-11(12)14(19)20)17(8-13(16)18)9-3-1-2-4-9/h5-7,9H,1-4,8H2,(H2,16,18)(H,19,20). The monoisotopic (exact) mass is 340 g/mol. The Hall–Kier alpha value is -1.56. The van der Waals surface area contributed by atoms with Gasteiger partial charge < -0.3 is 15.7 Å². The molecule has 0 bridgehead atoms. The lowest BCUT2D eigenvalue weighted by atomic mass is 10.1. The number of nitrogens with two attached hydrogens (primary N) is 1. The number of halogens is 1. The van der Waals surface area contributed by atoms with Crippen molar-refractivity contribution in [3.63, 3.8) is 0 Å². The van der Waals surface area contributed by atoms with Crippen LogP contribution in [-0.4, -0.2) is 29.6 Å². The number of primary amides is 1. The lowest BCUT2D eigenvalue weighted by Gasteiger charge is -2.30. The van der Waals surface area contributed by atoms with E-state index in [1.165, 1.54) is 0 Å². The van der Waals surface area contributed by atoms with Crippen molar-refractivity contribution in [2.45, 2.75) is 31.7 Å². The van der Waals surface area contributed by atoms with Gasteiger partial charge in [-0.3, -0.25) is 4.79 Å². The Kier molecular flexibility index (Phi) is 4.65. The number of carboxylic acid groups (broad SMARTS) is 1. The SMILES string of the molecule is NC(=O)CN(c1ccc(C(=O)O)c(Br)c1)C1CCCC1. The molecule has 1 aromatic carbocycles. The van der Waals surface area contributed by atoms with Crippen LogP contribution in [0.5, 0.6) is 0 Å². The van der Waals surface area contributed by atoms with E-state index in [2.05, 4.69) is 15.9 Å². The number of nitrogens with zero attached hydrogens (tertiary/aromatic N) is 1. The van der Waals surface area contributed by atoms with Crippen LogP contribution in [0.25, 0.3) is 0 Å². The van der Waals surface area contributed by atoms with E-state index in [0.717, 1.165) is 31.4 Å². The van der Waals surface area contributed by atoms with Gasteiger partial charge in [-0.25, -0.2) is 4.79 Å². The van der Waals surface area contributed by atoms with Crippen LogP contribution < -0.4 is 10.6 Å². The molecule has 1 amide bonds. The summed E-state index contributed by atoms with van der Waals surface area (Å²) in [7, 11) is 0. The van der Waals surface area contributed by atoms with Crippen LogP contribution in [0.15, 0.2) is 22.7 Å². The molecule has 108 valence electrons. The van der Waals surface area contributed by atoms with Crippen LogP contribution in [0.3, 0.4) is 0 Å². The number of amides is 1. The molecule has 0 unspecified atom stereocenters. The van der Waals surface area contributed by atoms with Crippen molar-refractivity contribution in [2.24, 2.45) is 5.73 Å². The molecule has 0 spiro atoms. The van der Waals surface area contributed by atoms with Crippen molar-refractivity contribution in [3.05, 3.63) is 28.2 Å². The van der Waals surface area contributed by atoms with Crippen molar-refractivity contribution < 1.29 is 14.7 Å². The minimum Gasteiger partial charge on any atom is -0.478 e. The Morgan fingerprint density at radius 2 is 2.00 bits per heavy atom. The van der Waals surface area contributed by atoms with Crippen molar-refractivity contribution in [2.75, 3.05) is 11.4 Å². The highest BCUT2D eigenvalue weighted by Crippen LogP contribution is 2.30. The van der Waals surface area contributed by atoms with Gasteiger partial charge in [-0.05, 0) is 47.0 Å². The van der Waals surface area contributed by atoms with Crippen LogP contribution in [0.1, 0.15) is 36.0 Å². The number of aromatic carboxylic acids is 1. The number of anilines is 1. The van der Waals surface area contributed by atoms with Crippen LogP contribution in [0.2, 0.25) is 0 Å². The summed E-state index contributed by atoms with van der Waals surface area (Å²) >= 11 is 3.27. The number of carboxylic acids is 1. The average Bonchev–Trinajstić information content (AvgIpc) is 2.88. The Bertz CT molecular complexity index is 527. The third kappa shape index (κ3) is 3.30. The molecule has 20 heavy (non-hydrogen) atoms. The maximum atomic E-state index is 11.3. The lowest BCUT2D eigenvalue weighted by molar-refractivity contribution is -0.116. The molecule has 1 fully saturated rings. The maximum absolute atomic E-state index is 11.3. The fraction of sp³-hybridized carbons (Fsp3) is 0.429. The molecule has 0 atom stereocenters. The normalized spacial score (nSPS) is 15.2. The fourth-order valence-electron chi connectivity index (χ4n) is 2.67. The van der Waals surface area contributed by atoms with Gasteiger partial charge in [-0.2, -0.15) is 0 Å². The number of hydrogen-bond donors (Lipinski definition) is 2. The zero-order chi connectivity index (χ0) is 14.7. The molecular formula is C14H17BrN2O3. The second-order valence-electron chi connectivity index (χ2n) is 5.00. The van der Waals surface area contributed by atoms with Crippen LogP contribution in [0, 0.1) is 0 Å². The molecular weight excluding hydrogens is 324 g/mol. The van der Waals surface area contributed by atoms with Gasteiger partial charge in [0.1, 0.15) is 0 Å². The quantitative estimate of drug-likeness (QED) is 0.861. The first-order chi connectivity index (χ1) is 9.49. The summed E-state index contributed by atoms with van der Waals surface area (Å²) in [5.74, 6) is -1.36. The van der Waals surface area contributed by atoms with Crippen LogP contribution >= 0.6 is 15.9 Å². The largest absolute Gasteiger partial charge is 0.478 e. The molecule has 1 saturated carbocycles. The zero-order valence-corrected chi connectivity index (χ0v) is 12.6. The van der Waals surface area contributed by atoms with Crippen LogP contribution in [0.4, 0.5) is 5.69 Å². The first-order valence-corrected chi connectivity index (χ1v) is 7.36. The molecule has 2 rings (SSSR count). The summed E-state index contributed by atoms with van der Waals surface area (Å²) in [5, 5.41) is 9.03. The Morgan fingerprint density at radius 3 is 2.50 bits per heavy atom. The Morgan fingerprint density at radius 1 is 1.35 bits per heavy atom. The molecule has 0 aromatic heterocycles. The number of benzene rings is 1. The highest BCUT2D eigenvalue weighted by atomic mass is 79.9. The van der Waals surface area contributed by atoms with E-state index < -0.39 is 5.97 Å². The van der Waals surface area contributed by atoms with Gasteiger partial charge in [0.2, 0.25) is 5.91 Å². The number of carbonyl (C=O) groups is 2. The molecule has 1 aromatic rings. The summed E-state index contributed by atoms with van der Waals surface area (Å²) < 4.78 is 0.509. The summed E-state index contributed by atoms with van der Waals surface area (Å²) in [5.41, 5.74) is 6.36. The Balaban J connectivity index is 2.30. The second kappa shape index (κ2) is 6.26. The van der Waals surface area contributed by atoms with Crippen molar-refractivity contribution in [1.82, 2.24) is 0 Å². The van der Waals surface area contributed by atoms with E-state index >= 15 is 0 Å². The number of hydrogen-bond acceptors (Lipinski definition) is 3. The first kappa shape index (κ1) is 14.8. The summed E-state index contributed by atoms with van der Waals surface area (Å²) in [6.07, 6.45) is 4.36. The topological polar surface area (TPSA) is 83.6 Å². The first-order valence-electron chi connectivity index (χ1n) is 6.57. The van der Waals surface area contributed by atoms with Crippen LogP contribution in [-0.2, 0) is 4.79 Å². The van der Waals surface area contributed by atoms with Crippen molar-refractivity contribution >= 4 is 33.5 Å². The van der Waals surface area contributed by atoms with E-state index in [1.54, 1.807) is 18.2 Å². The van der Waals surface area contributed by atoms with Gasteiger partial charge in [0.05, 0.1) is 12.1 Å². The van der Waals surface area contributed by atoms with E-state index in [-0.39, 0.29) is 18.0 Å². The van der Waals surface area contributed by atoms with E-state index in [0.29, 0.717) is 10.5 Å². The average molecular weight is 341 g/mol. The number of carbonyl (C=O) groups excluding carboxylic acids is 1. The lowest BCUT2D eigenvalue weighted by Crippen LogP contribution is -2.40. The fourth-order valence-corrected chi connectivity index (χ4v) is 3.21. The summed E-state index contributed by atoms with van der Waals surface area (Å²) in [6.45, 7) is 0.156. The molecule has 1 aliphatic carbocycles. The van der Waals surface area contributed by atoms with E-state index in [1.807, 2.05) is 4.90 Å². The third-order valence-electron chi connectivity index (χ3n) is 3.61. The summed E-state index contributed by atoms with van der Waals surface area (Å²) in [4.78, 5) is 24.3. The van der Waals surface area contributed by atoms with Gasteiger partial charge in [-0.1, -0.05) is 12.8 Å². The van der Waals surface area contributed by atoms with Gasteiger partial charge in [0, 0.05) is 16.2 Å². The van der Waals surface area contributed by atoms with Crippen molar-refractivity contribution in [3.8, 4) is 0 Å². The molecule has 0 radical (unpaired) electrons. The predicted octanol–water partition coefficient (Wildman–Crippen LogP) is 2.38. The molecule has 5 nitrogen and oxygen atoms in total. The molecule has 0 saturated heterocycles. The zero-order valence-electron chi connectivity index (χ0n) is 11.0. The molecule has 0 heterocycles. The van der Waals surface area contributed by atoms with Gasteiger partial charge in [0.25, 0.3) is 0 Å². The predicted molar refractivity (Wildman–Crippen MR) is 79.9 cm³/mol. The minimum absolute atomic E-state index is 0.156. The molecule has 6 heteroatoms. The van der Waals surface area contributed by atoms with E-state index in [9.17, 15) is 9.59 Å². The highest BCUT2D eigenvalue weighted by molar-refractivity contribution is 9.10. The molecule has 3 N–H and O–H groups in total. The van der Waals surface area contributed by atoms with Gasteiger partial charge in [-0.15, -0.1) is 0 Å². The Labute approximate surface area is 125 Å².